The highest BCUT2D eigenvalue weighted by molar-refractivity contribution is 8.14. The molecule has 0 aromatic heterocycles. The lowest BCUT2D eigenvalue weighted by molar-refractivity contribution is 1.22. The first-order valence-corrected chi connectivity index (χ1v) is 25.1. The quantitative estimate of drug-likeness (QED) is 0.438. The summed E-state index contributed by atoms with van der Waals surface area (Å²) in [6.45, 7) is 11.5. The first-order chi connectivity index (χ1) is 13.4. The molecule has 5 aliphatic rings. The molecule has 1 aliphatic heterocycles. The minimum atomic E-state index is -1.51. The molecule has 1 saturated heterocycles. The number of allylic oxidation sites excluding steroid dienone is 16. The molecule has 0 aromatic rings. The maximum atomic E-state index is 2.88. The van der Waals surface area contributed by atoms with Crippen molar-refractivity contribution in [3.8, 4) is 0 Å². The molecule has 0 atom stereocenters. The van der Waals surface area contributed by atoms with E-state index >= 15 is 0 Å². The van der Waals surface area contributed by atoms with Gasteiger partial charge < -0.3 is 0 Å². The summed E-state index contributed by atoms with van der Waals surface area (Å²) in [7, 11) is -6.04. The summed E-state index contributed by atoms with van der Waals surface area (Å²) in [4.78, 5) is 0. The van der Waals surface area contributed by atoms with Crippen molar-refractivity contribution in [1.82, 2.24) is 0 Å². The van der Waals surface area contributed by atoms with Crippen molar-refractivity contribution in [3.63, 3.8) is 0 Å². The molecule has 0 amide bonds. The summed E-state index contributed by atoms with van der Waals surface area (Å²) < 4.78 is 0. The van der Waals surface area contributed by atoms with Gasteiger partial charge in [0.25, 0.3) is 0 Å². The van der Waals surface area contributed by atoms with Gasteiger partial charge in [-0.15, -0.1) is 0 Å². The Morgan fingerprint density at radius 1 is 0.321 bits per heavy atom. The van der Waals surface area contributed by atoms with Crippen LogP contribution < -0.4 is 0 Å². The van der Waals surface area contributed by atoms with Gasteiger partial charge in [-0.3, -0.25) is 0 Å². The van der Waals surface area contributed by atoms with Gasteiger partial charge >= 0.3 is 0 Å². The van der Waals surface area contributed by atoms with Crippen LogP contribution >= 0.6 is 0 Å². The second kappa shape index (κ2) is 6.14. The molecule has 4 heteroatoms. The predicted molar refractivity (Wildman–Crippen MR) is 135 cm³/mol. The van der Waals surface area contributed by atoms with E-state index in [2.05, 4.69) is 123 Å². The minimum Gasteiger partial charge on any atom is -0.0809 e. The SMILES string of the molecule is C[Si]1(C2C=CC=C2)[Si](C)(C2C=CC=C2)[Si](C)(C2C=CC=C2)[Si]1(C)C1C=CC=C1. The maximum Gasteiger partial charge on any atom is 0.0483 e. The third-order valence-corrected chi connectivity index (χ3v) is 106. The van der Waals surface area contributed by atoms with Crippen LogP contribution in [0.5, 0.6) is 0 Å². The molecule has 0 aromatic carbocycles. The van der Waals surface area contributed by atoms with E-state index in [-0.39, 0.29) is 0 Å². The minimum absolute atomic E-state index is 0.764. The fourth-order valence-corrected chi connectivity index (χ4v) is 151. The lowest BCUT2D eigenvalue weighted by atomic mass is 10.5. The van der Waals surface area contributed by atoms with E-state index < -0.39 is 28.4 Å². The number of hydrogen-bond acceptors (Lipinski definition) is 0. The van der Waals surface area contributed by atoms with Gasteiger partial charge in [0.1, 0.15) is 0 Å². The molecule has 144 valence electrons. The second-order valence-corrected chi connectivity index (χ2v) is 53.2. The van der Waals surface area contributed by atoms with Crippen LogP contribution in [0.15, 0.2) is 97.2 Å². The molecule has 0 bridgehead atoms. The Labute approximate surface area is 173 Å². The summed E-state index contributed by atoms with van der Waals surface area (Å²) in [6, 6.07) is 0. The van der Waals surface area contributed by atoms with E-state index in [1.54, 1.807) is 0 Å². The van der Waals surface area contributed by atoms with Crippen LogP contribution in [0.25, 0.3) is 0 Å². The summed E-state index contributed by atoms with van der Waals surface area (Å²) in [5.74, 6) is 0. The van der Waals surface area contributed by atoms with Crippen LogP contribution in [0.1, 0.15) is 0 Å². The molecule has 0 spiro atoms. The number of hydrogen-bond donors (Lipinski definition) is 0. The molecule has 1 fully saturated rings. The van der Waals surface area contributed by atoms with Crippen LogP contribution in [0, 0.1) is 0 Å². The molecule has 4 aliphatic carbocycles. The summed E-state index contributed by atoms with van der Waals surface area (Å²) >= 11 is 0. The first-order valence-electron chi connectivity index (χ1n) is 10.8. The molecule has 0 saturated carbocycles. The zero-order valence-electron chi connectivity index (χ0n) is 17.5. The highest BCUT2D eigenvalue weighted by Crippen LogP contribution is 2.69. The maximum absolute atomic E-state index is 2.88. The van der Waals surface area contributed by atoms with Crippen LogP contribution in [-0.2, 0) is 0 Å². The molecule has 0 radical (unpaired) electrons. The molecular formula is C24H32Si4. The third-order valence-electron chi connectivity index (χ3n) is 9.97. The van der Waals surface area contributed by atoms with E-state index in [4.69, 9.17) is 0 Å². The summed E-state index contributed by atoms with van der Waals surface area (Å²) in [5, 5.41) is 0. The zero-order chi connectivity index (χ0) is 19.6. The van der Waals surface area contributed by atoms with Crippen molar-refractivity contribution < 1.29 is 0 Å². The smallest absolute Gasteiger partial charge is 0.0483 e. The van der Waals surface area contributed by atoms with Gasteiger partial charge in [-0.1, -0.05) is 123 Å². The molecular weight excluding hydrogens is 401 g/mol. The summed E-state index contributed by atoms with van der Waals surface area (Å²) in [5.41, 5.74) is 3.06. The van der Waals surface area contributed by atoms with Crippen molar-refractivity contribution >= 4 is 28.4 Å². The predicted octanol–water partition coefficient (Wildman–Crippen LogP) is 6.61. The molecule has 0 N–H and O–H groups in total. The zero-order valence-corrected chi connectivity index (χ0v) is 21.5. The van der Waals surface area contributed by atoms with Crippen LogP contribution in [0.4, 0.5) is 0 Å². The van der Waals surface area contributed by atoms with Gasteiger partial charge in [0.15, 0.2) is 0 Å². The van der Waals surface area contributed by atoms with E-state index in [1.165, 1.54) is 0 Å². The van der Waals surface area contributed by atoms with E-state index in [0.717, 1.165) is 22.2 Å². The van der Waals surface area contributed by atoms with Crippen molar-refractivity contribution in [2.24, 2.45) is 0 Å². The monoisotopic (exact) mass is 432 g/mol. The Kier molecular flexibility index (Phi) is 4.12. The lowest BCUT2D eigenvalue weighted by Crippen LogP contribution is -3.06. The Balaban J connectivity index is 1.77. The molecule has 5 rings (SSSR count). The average Bonchev–Trinajstić information content (AvgIpc) is 3.53. The average molecular weight is 433 g/mol. The van der Waals surface area contributed by atoms with Gasteiger partial charge in [0.05, 0.1) is 0 Å². The van der Waals surface area contributed by atoms with Crippen molar-refractivity contribution in [2.75, 3.05) is 0 Å². The van der Waals surface area contributed by atoms with Crippen LogP contribution in [-0.4, -0.2) is 28.4 Å². The first kappa shape index (κ1) is 18.8. The second-order valence-electron chi connectivity index (χ2n) is 9.99. The molecule has 0 nitrogen and oxygen atoms in total. The molecule has 28 heavy (non-hydrogen) atoms. The van der Waals surface area contributed by atoms with Gasteiger partial charge in [0, 0.05) is 28.4 Å². The van der Waals surface area contributed by atoms with Gasteiger partial charge in [-0.05, 0) is 22.2 Å². The highest BCUT2D eigenvalue weighted by atomic mass is 30.2. The molecule has 1 heterocycles. The Morgan fingerprint density at radius 2 is 0.464 bits per heavy atom. The van der Waals surface area contributed by atoms with Crippen molar-refractivity contribution in [2.45, 2.75) is 48.4 Å². The largest absolute Gasteiger partial charge is 0.0809 e. The van der Waals surface area contributed by atoms with Crippen LogP contribution in [0.3, 0.4) is 0 Å². The van der Waals surface area contributed by atoms with Gasteiger partial charge in [0.2, 0.25) is 0 Å². The Bertz CT molecular complexity index is 718. The Hall–Kier alpha value is -1.21. The van der Waals surface area contributed by atoms with Crippen molar-refractivity contribution in [1.29, 1.82) is 0 Å². The van der Waals surface area contributed by atoms with E-state index in [9.17, 15) is 0 Å². The van der Waals surface area contributed by atoms with Gasteiger partial charge in [-0.25, -0.2) is 0 Å². The Morgan fingerprint density at radius 3 is 0.607 bits per heavy atom. The lowest BCUT2D eigenvalue weighted by Gasteiger charge is -2.81. The van der Waals surface area contributed by atoms with E-state index in [0.29, 0.717) is 0 Å². The normalized spacial score (nSPS) is 44.7. The highest BCUT2D eigenvalue weighted by Gasteiger charge is 2.87. The fourth-order valence-electron chi connectivity index (χ4n) is 8.13. The third kappa shape index (κ3) is 1.86. The van der Waals surface area contributed by atoms with Crippen molar-refractivity contribution in [3.05, 3.63) is 97.2 Å². The fraction of sp³-hybridized carbons (Fsp3) is 0.333. The number of rotatable bonds is 4. The van der Waals surface area contributed by atoms with E-state index in [1.807, 2.05) is 0 Å². The molecule has 0 unspecified atom stereocenters. The van der Waals surface area contributed by atoms with Crippen LogP contribution in [0.2, 0.25) is 48.4 Å². The topological polar surface area (TPSA) is 0 Å². The van der Waals surface area contributed by atoms with Gasteiger partial charge in [-0.2, -0.15) is 0 Å². The standard InChI is InChI=1S/C24H32Si4/c1-25(21-13-5-6-14-21)26(2,22-15-7-8-16-22)28(4,24-19-11-12-20-24)27(25,3)23-17-9-10-18-23/h5-24H,1-4H3. The summed E-state index contributed by atoms with van der Waals surface area (Å²) in [6.07, 6.45) is 39.6.